The fourth-order valence-corrected chi connectivity index (χ4v) is 3.67. The van der Waals surface area contributed by atoms with Crippen LogP contribution in [0.4, 0.5) is 0 Å². The molecule has 0 unspecified atom stereocenters. The number of hydrogen-bond acceptors (Lipinski definition) is 3. The van der Waals surface area contributed by atoms with E-state index in [4.69, 9.17) is 0 Å². The molecule has 1 aromatic heterocycles. The van der Waals surface area contributed by atoms with Crippen LogP contribution in [0.15, 0.2) is 42.6 Å². The summed E-state index contributed by atoms with van der Waals surface area (Å²) in [5, 5.41) is 9.58. The molecule has 2 heterocycles. The van der Waals surface area contributed by atoms with Crippen LogP contribution < -0.4 is 0 Å². The molecule has 0 saturated heterocycles. The van der Waals surface area contributed by atoms with E-state index >= 15 is 0 Å². The first-order chi connectivity index (χ1) is 12.6. The average Bonchev–Trinajstić information content (AvgIpc) is 3.46. The van der Waals surface area contributed by atoms with Gasteiger partial charge >= 0.3 is 5.97 Å². The van der Waals surface area contributed by atoms with Crippen LogP contribution in [-0.4, -0.2) is 40.6 Å². The number of carboxylic acid groups (broad SMARTS) is 1. The van der Waals surface area contributed by atoms with Gasteiger partial charge in [-0.05, 0) is 54.9 Å². The molecule has 1 aliphatic carbocycles. The number of aromatic carboxylic acids is 1. The standard InChI is InChI=1S/C22H24N2O2/c1-15-4-2-3-5-18(15)19-12-21(23-13-20(19)22(25)26)17-8-10-24(11-9-17)14-16-6-7-16/h2-5,8,12-13,16H,6-7,9-11,14H2,1H3,(H,25,26). The molecule has 0 spiro atoms. The van der Waals surface area contributed by atoms with Crippen molar-refractivity contribution in [1.29, 1.82) is 0 Å². The molecule has 0 atom stereocenters. The van der Waals surface area contributed by atoms with Crippen molar-refractivity contribution in [2.45, 2.75) is 26.2 Å². The number of aromatic nitrogens is 1. The van der Waals surface area contributed by atoms with Crippen molar-refractivity contribution >= 4 is 11.5 Å². The summed E-state index contributed by atoms with van der Waals surface area (Å²) < 4.78 is 0. The number of benzene rings is 1. The van der Waals surface area contributed by atoms with Crippen molar-refractivity contribution in [3.05, 3.63) is 59.4 Å². The molecular formula is C22H24N2O2. The largest absolute Gasteiger partial charge is 0.478 e. The number of pyridine rings is 1. The Morgan fingerprint density at radius 1 is 1.27 bits per heavy atom. The maximum atomic E-state index is 11.7. The van der Waals surface area contributed by atoms with E-state index in [1.54, 1.807) is 0 Å². The Labute approximate surface area is 154 Å². The zero-order valence-corrected chi connectivity index (χ0v) is 15.1. The summed E-state index contributed by atoms with van der Waals surface area (Å²) >= 11 is 0. The SMILES string of the molecule is Cc1ccccc1-c1cc(C2=CCN(CC3CC3)CC2)ncc1C(=O)O. The van der Waals surface area contributed by atoms with Gasteiger partial charge < -0.3 is 5.11 Å². The Morgan fingerprint density at radius 2 is 2.08 bits per heavy atom. The van der Waals surface area contributed by atoms with Crippen LogP contribution in [0.1, 0.15) is 40.9 Å². The van der Waals surface area contributed by atoms with E-state index in [1.165, 1.54) is 31.2 Å². The van der Waals surface area contributed by atoms with Crippen LogP contribution in [0, 0.1) is 12.8 Å². The van der Waals surface area contributed by atoms with Gasteiger partial charge in [0.2, 0.25) is 0 Å². The number of hydrogen-bond donors (Lipinski definition) is 1. The van der Waals surface area contributed by atoms with E-state index in [-0.39, 0.29) is 5.56 Å². The monoisotopic (exact) mass is 348 g/mol. The molecule has 1 saturated carbocycles. The van der Waals surface area contributed by atoms with Crippen LogP contribution >= 0.6 is 0 Å². The quantitative estimate of drug-likeness (QED) is 0.877. The van der Waals surface area contributed by atoms with E-state index in [9.17, 15) is 9.90 Å². The lowest BCUT2D eigenvalue weighted by atomic mass is 9.94. The van der Waals surface area contributed by atoms with Crippen LogP contribution in [0.2, 0.25) is 0 Å². The maximum Gasteiger partial charge on any atom is 0.337 e. The molecular weight excluding hydrogens is 324 g/mol. The number of aryl methyl sites for hydroxylation is 1. The first kappa shape index (κ1) is 17.0. The Hall–Kier alpha value is -2.46. The molecule has 0 radical (unpaired) electrons. The van der Waals surface area contributed by atoms with Crippen LogP contribution in [-0.2, 0) is 0 Å². The minimum Gasteiger partial charge on any atom is -0.478 e. The lowest BCUT2D eigenvalue weighted by Gasteiger charge is -2.26. The molecule has 2 aromatic rings. The van der Waals surface area contributed by atoms with Gasteiger partial charge in [-0.3, -0.25) is 9.88 Å². The highest BCUT2D eigenvalue weighted by molar-refractivity contribution is 5.96. The van der Waals surface area contributed by atoms with Gasteiger partial charge in [0.15, 0.2) is 0 Å². The second kappa shape index (κ2) is 7.04. The van der Waals surface area contributed by atoms with Crippen LogP contribution in [0.3, 0.4) is 0 Å². The Balaban J connectivity index is 1.66. The first-order valence-electron chi connectivity index (χ1n) is 9.33. The van der Waals surface area contributed by atoms with E-state index in [1.807, 2.05) is 37.3 Å². The third-order valence-corrected chi connectivity index (χ3v) is 5.41. The summed E-state index contributed by atoms with van der Waals surface area (Å²) in [7, 11) is 0. The predicted octanol–water partition coefficient (Wildman–Crippen LogP) is 4.25. The van der Waals surface area contributed by atoms with E-state index in [0.717, 1.165) is 47.8 Å². The second-order valence-electron chi connectivity index (χ2n) is 7.42. The Bertz CT molecular complexity index is 868. The third-order valence-electron chi connectivity index (χ3n) is 5.41. The lowest BCUT2D eigenvalue weighted by molar-refractivity contribution is 0.0697. The zero-order chi connectivity index (χ0) is 18.1. The van der Waals surface area contributed by atoms with Gasteiger partial charge in [-0.15, -0.1) is 0 Å². The number of nitrogens with zero attached hydrogens (tertiary/aromatic N) is 2. The van der Waals surface area contributed by atoms with E-state index in [2.05, 4.69) is 16.0 Å². The molecule has 4 heteroatoms. The van der Waals surface area contributed by atoms with Gasteiger partial charge in [0.05, 0.1) is 11.3 Å². The predicted molar refractivity (Wildman–Crippen MR) is 103 cm³/mol. The molecule has 1 N–H and O–H groups in total. The molecule has 26 heavy (non-hydrogen) atoms. The average molecular weight is 348 g/mol. The van der Waals surface area contributed by atoms with Crippen LogP contribution in [0.5, 0.6) is 0 Å². The normalized spacial score (nSPS) is 17.8. The molecule has 1 aromatic carbocycles. The Kier molecular flexibility index (Phi) is 4.60. The molecule has 1 fully saturated rings. The number of carbonyl (C=O) groups is 1. The van der Waals surface area contributed by atoms with Gasteiger partial charge in [0, 0.05) is 31.4 Å². The topological polar surface area (TPSA) is 53.4 Å². The van der Waals surface area contributed by atoms with Crippen molar-refractivity contribution in [3.8, 4) is 11.1 Å². The molecule has 134 valence electrons. The molecule has 0 bridgehead atoms. The van der Waals surface area contributed by atoms with Gasteiger partial charge in [-0.2, -0.15) is 0 Å². The number of rotatable bonds is 5. The summed E-state index contributed by atoms with van der Waals surface area (Å²) in [4.78, 5) is 18.7. The summed E-state index contributed by atoms with van der Waals surface area (Å²) in [6.07, 6.45) is 7.50. The maximum absolute atomic E-state index is 11.7. The minimum atomic E-state index is -0.935. The van der Waals surface area contributed by atoms with Crippen molar-refractivity contribution in [2.75, 3.05) is 19.6 Å². The highest BCUT2D eigenvalue weighted by atomic mass is 16.4. The Morgan fingerprint density at radius 3 is 2.73 bits per heavy atom. The van der Waals surface area contributed by atoms with E-state index < -0.39 is 5.97 Å². The van der Waals surface area contributed by atoms with Crippen molar-refractivity contribution in [2.24, 2.45) is 5.92 Å². The first-order valence-corrected chi connectivity index (χ1v) is 9.33. The minimum absolute atomic E-state index is 0.259. The van der Waals surface area contributed by atoms with Crippen molar-refractivity contribution in [3.63, 3.8) is 0 Å². The highest BCUT2D eigenvalue weighted by Crippen LogP contribution is 2.33. The second-order valence-corrected chi connectivity index (χ2v) is 7.42. The smallest absolute Gasteiger partial charge is 0.337 e. The molecule has 2 aliphatic rings. The van der Waals surface area contributed by atoms with E-state index in [0.29, 0.717) is 0 Å². The van der Waals surface area contributed by atoms with Gasteiger partial charge in [-0.1, -0.05) is 30.3 Å². The van der Waals surface area contributed by atoms with Gasteiger partial charge in [0.25, 0.3) is 0 Å². The van der Waals surface area contributed by atoms with Crippen molar-refractivity contribution in [1.82, 2.24) is 9.88 Å². The highest BCUT2D eigenvalue weighted by Gasteiger charge is 2.25. The molecule has 4 nitrogen and oxygen atoms in total. The van der Waals surface area contributed by atoms with Gasteiger partial charge in [0.1, 0.15) is 0 Å². The summed E-state index contributed by atoms with van der Waals surface area (Å²) in [5.74, 6) is -0.0267. The summed E-state index contributed by atoms with van der Waals surface area (Å²) in [5.41, 5.74) is 5.17. The van der Waals surface area contributed by atoms with Gasteiger partial charge in [-0.25, -0.2) is 4.79 Å². The zero-order valence-electron chi connectivity index (χ0n) is 15.1. The summed E-state index contributed by atoms with van der Waals surface area (Å²) in [6, 6.07) is 9.86. The molecule has 1 aliphatic heterocycles. The fraction of sp³-hybridized carbons (Fsp3) is 0.364. The van der Waals surface area contributed by atoms with Crippen molar-refractivity contribution < 1.29 is 9.90 Å². The van der Waals surface area contributed by atoms with Crippen LogP contribution in [0.25, 0.3) is 16.7 Å². The fourth-order valence-electron chi connectivity index (χ4n) is 3.67. The third kappa shape index (κ3) is 3.56. The molecule has 0 amide bonds. The summed E-state index contributed by atoms with van der Waals surface area (Å²) in [6.45, 7) is 5.25. The number of carboxylic acids is 1. The molecule has 4 rings (SSSR count). The lowest BCUT2D eigenvalue weighted by Crippen LogP contribution is -2.30.